The van der Waals surface area contributed by atoms with Crippen molar-refractivity contribution in [1.29, 1.82) is 0 Å². The zero-order chi connectivity index (χ0) is 18.7. The smallest absolute Gasteiger partial charge is 0.307 e. The van der Waals surface area contributed by atoms with Gasteiger partial charge in [-0.3, -0.25) is 9.59 Å². The number of benzene rings is 1. The first-order chi connectivity index (χ1) is 12.0. The predicted octanol–water partition coefficient (Wildman–Crippen LogP) is 2.83. The van der Waals surface area contributed by atoms with Gasteiger partial charge in [0.25, 0.3) is 0 Å². The van der Waals surface area contributed by atoms with E-state index in [9.17, 15) is 9.59 Å². The third kappa shape index (κ3) is 7.03. The molecule has 140 valence electrons. The van der Waals surface area contributed by atoms with Crippen molar-refractivity contribution in [2.75, 3.05) is 33.4 Å². The lowest BCUT2D eigenvalue weighted by Crippen LogP contribution is -2.34. The quantitative estimate of drug-likeness (QED) is 0.574. The summed E-state index contributed by atoms with van der Waals surface area (Å²) in [6, 6.07) is 5.82. The maximum atomic E-state index is 12.1. The minimum atomic E-state index is -0.311. The van der Waals surface area contributed by atoms with Crippen molar-refractivity contribution in [3.63, 3.8) is 0 Å². The number of carbonyl (C=O) groups is 2. The monoisotopic (exact) mass is 351 g/mol. The number of hydrogen-bond acceptors (Lipinski definition) is 5. The Morgan fingerprint density at radius 1 is 1.00 bits per heavy atom. The molecule has 0 radical (unpaired) electrons. The van der Waals surface area contributed by atoms with Crippen LogP contribution in [-0.4, -0.2) is 50.2 Å². The van der Waals surface area contributed by atoms with E-state index in [1.807, 2.05) is 39.0 Å². The summed E-state index contributed by atoms with van der Waals surface area (Å²) in [7, 11) is 1.35. The fraction of sp³-hybridized carbons (Fsp3) is 0.579. The number of ether oxygens (including phenoxy) is 3. The van der Waals surface area contributed by atoms with Crippen molar-refractivity contribution in [2.24, 2.45) is 0 Å². The standard InChI is InChI=1S/C19H29NO5/c1-5-18(21)20(13-11-19(22)23-4)12-10-15-8-9-16(24-6-2)17(14-15)25-7-3/h8-9,14H,5-7,10-13H2,1-4H3. The topological polar surface area (TPSA) is 65.1 Å². The van der Waals surface area contributed by atoms with Crippen LogP contribution in [0.2, 0.25) is 0 Å². The predicted molar refractivity (Wildman–Crippen MR) is 96.0 cm³/mol. The van der Waals surface area contributed by atoms with E-state index in [2.05, 4.69) is 4.74 Å². The van der Waals surface area contributed by atoms with Gasteiger partial charge in [0.15, 0.2) is 11.5 Å². The Labute approximate surface area is 150 Å². The second kappa shape index (κ2) is 11.3. The van der Waals surface area contributed by atoms with E-state index in [1.54, 1.807) is 4.90 Å². The van der Waals surface area contributed by atoms with Crippen molar-refractivity contribution in [3.05, 3.63) is 23.8 Å². The van der Waals surface area contributed by atoms with Crippen LogP contribution in [0.3, 0.4) is 0 Å². The van der Waals surface area contributed by atoms with E-state index in [4.69, 9.17) is 9.47 Å². The normalized spacial score (nSPS) is 10.2. The Hall–Kier alpha value is -2.24. The minimum absolute atomic E-state index is 0.0277. The van der Waals surface area contributed by atoms with Gasteiger partial charge in [0.1, 0.15) is 0 Å². The molecule has 0 saturated heterocycles. The Balaban J connectivity index is 2.75. The third-order valence-electron chi connectivity index (χ3n) is 3.75. The third-order valence-corrected chi connectivity index (χ3v) is 3.75. The molecule has 0 aliphatic carbocycles. The molecule has 0 saturated carbocycles. The maximum Gasteiger partial charge on any atom is 0.307 e. The van der Waals surface area contributed by atoms with Gasteiger partial charge in [-0.05, 0) is 38.0 Å². The summed E-state index contributed by atoms with van der Waals surface area (Å²) in [5.74, 6) is 1.15. The van der Waals surface area contributed by atoms with Gasteiger partial charge in [-0.25, -0.2) is 0 Å². The van der Waals surface area contributed by atoms with Gasteiger partial charge in [-0.1, -0.05) is 13.0 Å². The van der Waals surface area contributed by atoms with E-state index in [1.165, 1.54) is 7.11 Å². The average Bonchev–Trinajstić information content (AvgIpc) is 2.63. The lowest BCUT2D eigenvalue weighted by molar-refractivity contribution is -0.141. The molecule has 0 aliphatic heterocycles. The summed E-state index contributed by atoms with van der Waals surface area (Å²) in [6.07, 6.45) is 1.30. The second-order valence-electron chi connectivity index (χ2n) is 5.46. The highest BCUT2D eigenvalue weighted by Crippen LogP contribution is 2.28. The Kier molecular flexibility index (Phi) is 9.43. The van der Waals surface area contributed by atoms with E-state index in [0.717, 1.165) is 11.3 Å². The van der Waals surface area contributed by atoms with Crippen LogP contribution in [0.5, 0.6) is 11.5 Å². The molecule has 1 aromatic carbocycles. The molecule has 0 fully saturated rings. The van der Waals surface area contributed by atoms with Crippen molar-refractivity contribution in [3.8, 4) is 11.5 Å². The van der Waals surface area contributed by atoms with Crippen LogP contribution in [0.1, 0.15) is 39.2 Å². The molecule has 0 aromatic heterocycles. The molecule has 0 aliphatic rings. The number of nitrogens with zero attached hydrogens (tertiary/aromatic N) is 1. The van der Waals surface area contributed by atoms with Gasteiger partial charge < -0.3 is 19.1 Å². The van der Waals surface area contributed by atoms with E-state index in [-0.39, 0.29) is 18.3 Å². The molecule has 0 unspecified atom stereocenters. The average molecular weight is 351 g/mol. The van der Waals surface area contributed by atoms with Crippen LogP contribution in [0.25, 0.3) is 0 Å². The van der Waals surface area contributed by atoms with Crippen molar-refractivity contribution >= 4 is 11.9 Å². The van der Waals surface area contributed by atoms with E-state index in [0.29, 0.717) is 44.9 Å². The molecule has 0 heterocycles. The molecule has 0 spiro atoms. The Bertz CT molecular complexity index is 559. The summed E-state index contributed by atoms with van der Waals surface area (Å²) in [5.41, 5.74) is 1.05. The highest BCUT2D eigenvalue weighted by molar-refractivity contribution is 5.77. The van der Waals surface area contributed by atoms with Crippen LogP contribution >= 0.6 is 0 Å². The number of methoxy groups -OCH3 is 1. The summed E-state index contributed by atoms with van der Waals surface area (Å²) in [6.45, 7) is 7.72. The van der Waals surface area contributed by atoms with Crippen LogP contribution in [0, 0.1) is 0 Å². The second-order valence-corrected chi connectivity index (χ2v) is 5.46. The van der Waals surface area contributed by atoms with Crippen LogP contribution in [-0.2, 0) is 20.7 Å². The number of carbonyl (C=O) groups excluding carboxylic acids is 2. The van der Waals surface area contributed by atoms with Gasteiger partial charge in [0.2, 0.25) is 5.91 Å². The van der Waals surface area contributed by atoms with Crippen LogP contribution in [0.4, 0.5) is 0 Å². The van der Waals surface area contributed by atoms with Crippen molar-refractivity contribution in [1.82, 2.24) is 4.90 Å². The fourth-order valence-electron chi connectivity index (χ4n) is 2.43. The number of esters is 1. The van der Waals surface area contributed by atoms with Crippen molar-refractivity contribution < 1.29 is 23.8 Å². The number of hydrogen-bond donors (Lipinski definition) is 0. The molecule has 25 heavy (non-hydrogen) atoms. The first-order valence-electron chi connectivity index (χ1n) is 8.78. The minimum Gasteiger partial charge on any atom is -0.490 e. The molecule has 6 nitrogen and oxygen atoms in total. The molecule has 1 rings (SSSR count). The van der Waals surface area contributed by atoms with Gasteiger partial charge in [-0.15, -0.1) is 0 Å². The molecule has 1 amide bonds. The Morgan fingerprint density at radius 3 is 2.28 bits per heavy atom. The molecule has 1 aromatic rings. The molecule has 0 bridgehead atoms. The number of rotatable bonds is 11. The Morgan fingerprint density at radius 2 is 1.68 bits per heavy atom. The summed E-state index contributed by atoms with van der Waals surface area (Å²) < 4.78 is 15.8. The molecular formula is C19H29NO5. The summed E-state index contributed by atoms with van der Waals surface area (Å²) in [4.78, 5) is 25.1. The van der Waals surface area contributed by atoms with E-state index < -0.39 is 0 Å². The summed E-state index contributed by atoms with van der Waals surface area (Å²) in [5, 5.41) is 0. The molecule has 0 N–H and O–H groups in total. The zero-order valence-electron chi connectivity index (χ0n) is 15.7. The zero-order valence-corrected chi connectivity index (χ0v) is 15.7. The number of amides is 1. The largest absolute Gasteiger partial charge is 0.490 e. The van der Waals surface area contributed by atoms with E-state index >= 15 is 0 Å². The fourth-order valence-corrected chi connectivity index (χ4v) is 2.43. The van der Waals surface area contributed by atoms with Gasteiger partial charge in [0.05, 0.1) is 26.7 Å². The highest BCUT2D eigenvalue weighted by Gasteiger charge is 2.14. The maximum absolute atomic E-state index is 12.1. The van der Waals surface area contributed by atoms with Crippen LogP contribution < -0.4 is 9.47 Å². The molecule has 0 atom stereocenters. The van der Waals surface area contributed by atoms with Crippen molar-refractivity contribution in [2.45, 2.75) is 40.0 Å². The lowest BCUT2D eigenvalue weighted by atomic mass is 10.1. The summed E-state index contributed by atoms with van der Waals surface area (Å²) >= 11 is 0. The molecular weight excluding hydrogens is 322 g/mol. The lowest BCUT2D eigenvalue weighted by Gasteiger charge is -2.22. The first-order valence-corrected chi connectivity index (χ1v) is 8.78. The molecule has 6 heteroatoms. The van der Waals surface area contributed by atoms with Gasteiger partial charge >= 0.3 is 5.97 Å². The first kappa shape index (κ1) is 20.8. The van der Waals surface area contributed by atoms with Gasteiger partial charge in [0, 0.05) is 19.5 Å². The SMILES string of the molecule is CCOc1ccc(CCN(CCC(=O)OC)C(=O)CC)cc1OCC. The van der Waals surface area contributed by atoms with Gasteiger partial charge in [-0.2, -0.15) is 0 Å². The van der Waals surface area contributed by atoms with Crippen LogP contribution in [0.15, 0.2) is 18.2 Å². The highest BCUT2D eigenvalue weighted by atomic mass is 16.5.